The third-order valence-corrected chi connectivity index (χ3v) is 2.02. The molecule has 0 spiro atoms. The summed E-state index contributed by atoms with van der Waals surface area (Å²) in [5.41, 5.74) is 0. The van der Waals surface area contributed by atoms with Gasteiger partial charge in [-0.25, -0.2) is 5.26 Å². The topological polar surface area (TPSA) is 29.5 Å². The highest BCUT2D eigenvalue weighted by Gasteiger charge is 1.92. The Morgan fingerprint density at radius 3 is 2.44 bits per heavy atom. The Bertz CT molecular complexity index is 200. The zero-order valence-corrected chi connectivity index (χ0v) is 7.16. The highest BCUT2D eigenvalue weighted by molar-refractivity contribution is 6.34. The van der Waals surface area contributed by atoms with Crippen LogP contribution in [0.1, 0.15) is 0 Å². The van der Waals surface area contributed by atoms with Crippen LogP contribution in [0.2, 0.25) is 0 Å². The average molecular weight is 140 g/mol. The Kier molecular flexibility index (Phi) is 1.87. The minimum atomic E-state index is 0.573. The van der Waals surface area contributed by atoms with E-state index in [2.05, 4.69) is 4.89 Å². The van der Waals surface area contributed by atoms with Gasteiger partial charge >= 0.3 is 0 Å². The molecule has 0 heterocycles. The Labute approximate surface area is 56.4 Å². The summed E-state index contributed by atoms with van der Waals surface area (Å²) in [6.45, 7) is 0. The summed E-state index contributed by atoms with van der Waals surface area (Å²) >= 11 is 0. The van der Waals surface area contributed by atoms with Gasteiger partial charge in [0.05, 0.1) is 0 Å². The lowest BCUT2D eigenvalue weighted by atomic mass is 10.3. The van der Waals surface area contributed by atoms with Gasteiger partial charge in [0.2, 0.25) is 0 Å². The molecular formula is C6H8O2Si. The van der Waals surface area contributed by atoms with Crippen LogP contribution in [0, 0.1) is 0 Å². The largest absolute Gasteiger partial charge is 0.340 e. The summed E-state index contributed by atoms with van der Waals surface area (Å²) in [6.07, 6.45) is 0. The van der Waals surface area contributed by atoms with Crippen molar-refractivity contribution in [3.63, 3.8) is 0 Å². The van der Waals surface area contributed by atoms with E-state index in [1.807, 2.05) is 18.2 Å². The summed E-state index contributed by atoms with van der Waals surface area (Å²) < 4.78 is 0. The first kappa shape index (κ1) is 6.32. The summed E-state index contributed by atoms with van der Waals surface area (Å²) in [6, 6.07) is 7.41. The number of benzene rings is 1. The second-order valence-corrected chi connectivity index (χ2v) is 2.93. The Balaban J connectivity index is 3.01. The van der Waals surface area contributed by atoms with Crippen LogP contribution in [-0.2, 0) is 0 Å². The molecule has 0 unspecified atom stereocenters. The van der Waals surface area contributed by atoms with Crippen LogP contribution < -0.4 is 10.1 Å². The van der Waals surface area contributed by atoms with Gasteiger partial charge in [-0.2, -0.15) is 0 Å². The standard InChI is InChI=1S/C6H8O2Si/c7-8-5-3-1-2-4-6(5)9/h1-4,7H,9H3. The molecule has 1 N–H and O–H groups in total. The number of hydrogen-bond donors (Lipinski definition) is 1. The van der Waals surface area contributed by atoms with Crippen LogP contribution in [0.3, 0.4) is 0 Å². The highest BCUT2D eigenvalue weighted by Crippen LogP contribution is 2.01. The van der Waals surface area contributed by atoms with Gasteiger partial charge in [-0.15, -0.1) is 0 Å². The fourth-order valence-electron chi connectivity index (χ4n) is 0.659. The molecule has 0 aliphatic heterocycles. The first-order valence-corrected chi connectivity index (χ1v) is 3.71. The molecule has 0 saturated carbocycles. The molecule has 0 aromatic heterocycles. The van der Waals surface area contributed by atoms with Crippen molar-refractivity contribution in [1.82, 2.24) is 0 Å². The van der Waals surface area contributed by atoms with Gasteiger partial charge in [-0.1, -0.05) is 18.2 Å². The van der Waals surface area contributed by atoms with Gasteiger partial charge in [0, 0.05) is 10.2 Å². The lowest BCUT2D eigenvalue weighted by molar-refractivity contribution is -0.136. The maximum Gasteiger partial charge on any atom is 0.163 e. The van der Waals surface area contributed by atoms with E-state index in [1.165, 1.54) is 0 Å². The quantitative estimate of drug-likeness (QED) is 0.324. The minimum Gasteiger partial charge on any atom is -0.340 e. The van der Waals surface area contributed by atoms with E-state index in [1.54, 1.807) is 6.07 Å². The second kappa shape index (κ2) is 2.66. The fraction of sp³-hybridized carbons (Fsp3) is 0. The molecular weight excluding hydrogens is 132 g/mol. The van der Waals surface area contributed by atoms with E-state index < -0.39 is 0 Å². The molecule has 0 aliphatic carbocycles. The molecule has 0 bridgehead atoms. The van der Waals surface area contributed by atoms with Gasteiger partial charge in [0.15, 0.2) is 5.75 Å². The molecule has 0 saturated heterocycles. The van der Waals surface area contributed by atoms with E-state index >= 15 is 0 Å². The van der Waals surface area contributed by atoms with E-state index in [-0.39, 0.29) is 0 Å². The fourth-order valence-corrected chi connectivity index (χ4v) is 1.11. The SMILES string of the molecule is OOc1ccccc1[SiH3]. The summed E-state index contributed by atoms with van der Waals surface area (Å²) in [7, 11) is 0.900. The monoisotopic (exact) mass is 140 g/mol. The Morgan fingerprint density at radius 1 is 1.33 bits per heavy atom. The van der Waals surface area contributed by atoms with Crippen molar-refractivity contribution < 1.29 is 10.1 Å². The number of rotatable bonds is 1. The molecule has 0 fully saturated rings. The Morgan fingerprint density at radius 2 is 2.00 bits per heavy atom. The van der Waals surface area contributed by atoms with Crippen molar-refractivity contribution in [2.75, 3.05) is 0 Å². The van der Waals surface area contributed by atoms with Crippen molar-refractivity contribution in [2.24, 2.45) is 0 Å². The molecule has 48 valence electrons. The number of hydrogen-bond acceptors (Lipinski definition) is 2. The maximum atomic E-state index is 8.24. The van der Waals surface area contributed by atoms with E-state index in [0.29, 0.717) is 5.75 Å². The molecule has 0 radical (unpaired) electrons. The molecule has 0 amide bonds. The summed E-state index contributed by atoms with van der Waals surface area (Å²) in [5.74, 6) is 0.573. The number of para-hydroxylation sites is 1. The second-order valence-electron chi connectivity index (χ2n) is 1.86. The van der Waals surface area contributed by atoms with Crippen molar-refractivity contribution in [1.29, 1.82) is 0 Å². The molecule has 1 rings (SSSR count). The van der Waals surface area contributed by atoms with Crippen LogP contribution in [0.15, 0.2) is 24.3 Å². The molecule has 1 aromatic rings. The predicted octanol–water partition coefficient (Wildman–Crippen LogP) is -0.471. The van der Waals surface area contributed by atoms with Crippen LogP contribution in [0.25, 0.3) is 0 Å². The van der Waals surface area contributed by atoms with Crippen molar-refractivity contribution in [3.8, 4) is 5.75 Å². The van der Waals surface area contributed by atoms with Gasteiger partial charge < -0.3 is 4.89 Å². The highest BCUT2D eigenvalue weighted by atomic mass is 28.1. The molecule has 3 heteroatoms. The maximum absolute atomic E-state index is 8.24. The smallest absolute Gasteiger partial charge is 0.163 e. The van der Waals surface area contributed by atoms with Crippen LogP contribution >= 0.6 is 0 Å². The van der Waals surface area contributed by atoms with Gasteiger partial charge in [0.1, 0.15) is 0 Å². The van der Waals surface area contributed by atoms with Gasteiger partial charge in [0.25, 0.3) is 0 Å². The van der Waals surface area contributed by atoms with Crippen molar-refractivity contribution in [3.05, 3.63) is 24.3 Å². The average Bonchev–Trinajstić information content (AvgIpc) is 1.89. The first-order valence-electron chi connectivity index (χ1n) is 2.71. The first-order chi connectivity index (χ1) is 4.34. The molecule has 0 atom stereocenters. The minimum absolute atomic E-state index is 0.573. The third kappa shape index (κ3) is 1.31. The molecule has 1 aromatic carbocycles. The summed E-state index contributed by atoms with van der Waals surface area (Å²) in [4.78, 5) is 4.08. The summed E-state index contributed by atoms with van der Waals surface area (Å²) in [5, 5.41) is 9.31. The van der Waals surface area contributed by atoms with E-state index in [0.717, 1.165) is 15.4 Å². The van der Waals surface area contributed by atoms with Gasteiger partial charge in [-0.05, 0) is 11.3 Å². The van der Waals surface area contributed by atoms with Crippen LogP contribution in [-0.4, -0.2) is 15.5 Å². The van der Waals surface area contributed by atoms with Crippen LogP contribution in [0.5, 0.6) is 5.75 Å². The zero-order valence-electron chi connectivity index (χ0n) is 5.16. The van der Waals surface area contributed by atoms with Crippen molar-refractivity contribution in [2.45, 2.75) is 0 Å². The Hall–Kier alpha value is -0.803. The molecule has 9 heavy (non-hydrogen) atoms. The lowest BCUT2D eigenvalue weighted by Gasteiger charge is -1.97. The third-order valence-electron chi connectivity index (χ3n) is 1.19. The normalized spacial score (nSPS) is 9.44. The van der Waals surface area contributed by atoms with E-state index in [9.17, 15) is 0 Å². The van der Waals surface area contributed by atoms with E-state index in [4.69, 9.17) is 5.26 Å². The lowest BCUT2D eigenvalue weighted by Crippen LogP contribution is -2.05. The zero-order chi connectivity index (χ0) is 6.69. The van der Waals surface area contributed by atoms with Crippen LogP contribution in [0.4, 0.5) is 0 Å². The molecule has 0 aliphatic rings. The predicted molar refractivity (Wildman–Crippen MR) is 39.3 cm³/mol. The van der Waals surface area contributed by atoms with Crippen molar-refractivity contribution >= 4 is 15.4 Å². The molecule has 2 nitrogen and oxygen atoms in total. The van der Waals surface area contributed by atoms with Gasteiger partial charge in [-0.3, -0.25) is 0 Å².